The third kappa shape index (κ3) is 4.06. The smallest absolute Gasteiger partial charge is 0.251 e. The van der Waals surface area contributed by atoms with Gasteiger partial charge in [0.05, 0.1) is 12.2 Å². The van der Waals surface area contributed by atoms with Crippen molar-refractivity contribution in [1.29, 1.82) is 0 Å². The molecule has 4 rings (SSSR count). The molecular formula is C21H19N3O3. The van der Waals surface area contributed by atoms with E-state index < -0.39 is 0 Å². The van der Waals surface area contributed by atoms with Gasteiger partial charge in [-0.1, -0.05) is 35.5 Å². The Morgan fingerprint density at radius 2 is 1.93 bits per heavy atom. The summed E-state index contributed by atoms with van der Waals surface area (Å²) in [4.78, 5) is 16.9. The van der Waals surface area contributed by atoms with Crippen LogP contribution < -0.4 is 5.32 Å². The van der Waals surface area contributed by atoms with Crippen LogP contribution in [0, 0.1) is 6.92 Å². The Morgan fingerprint density at radius 3 is 2.70 bits per heavy atom. The summed E-state index contributed by atoms with van der Waals surface area (Å²) in [5.41, 5.74) is 3.91. The molecule has 2 aromatic carbocycles. The van der Waals surface area contributed by atoms with Crippen LogP contribution in [0.15, 0.2) is 63.5 Å². The lowest BCUT2D eigenvalue weighted by atomic mass is 10.1. The average Bonchev–Trinajstić information content (AvgIpc) is 3.30. The second-order valence-electron chi connectivity index (χ2n) is 6.39. The van der Waals surface area contributed by atoms with E-state index in [0.717, 1.165) is 12.1 Å². The third-order valence-electron chi connectivity index (χ3n) is 4.26. The number of benzene rings is 2. The van der Waals surface area contributed by atoms with Gasteiger partial charge in [-0.05, 0) is 37.1 Å². The Kier molecular flexibility index (Phi) is 4.70. The predicted molar refractivity (Wildman–Crippen MR) is 100 cm³/mol. The first-order valence-corrected chi connectivity index (χ1v) is 8.81. The molecule has 1 amide bonds. The minimum Gasteiger partial charge on any atom is -0.441 e. The second-order valence-corrected chi connectivity index (χ2v) is 6.39. The van der Waals surface area contributed by atoms with E-state index in [2.05, 4.69) is 27.6 Å². The largest absolute Gasteiger partial charge is 0.441 e. The number of carbonyl (C=O) groups excluding carboxylic acids is 1. The van der Waals surface area contributed by atoms with E-state index in [4.69, 9.17) is 8.94 Å². The quantitative estimate of drug-likeness (QED) is 0.564. The summed E-state index contributed by atoms with van der Waals surface area (Å²) in [6.45, 7) is 2.13. The van der Waals surface area contributed by atoms with Crippen molar-refractivity contribution in [3.05, 3.63) is 83.1 Å². The Balaban J connectivity index is 1.43. The molecule has 0 atom stereocenters. The zero-order valence-corrected chi connectivity index (χ0v) is 14.9. The highest BCUT2D eigenvalue weighted by atomic mass is 16.5. The second kappa shape index (κ2) is 7.45. The molecule has 136 valence electrons. The highest BCUT2D eigenvalue weighted by Crippen LogP contribution is 2.19. The number of aryl methyl sites for hydroxylation is 3. The van der Waals surface area contributed by atoms with Crippen molar-refractivity contribution in [2.75, 3.05) is 0 Å². The van der Waals surface area contributed by atoms with E-state index in [9.17, 15) is 4.79 Å². The number of hydrogen-bond donors (Lipinski definition) is 1. The first-order valence-electron chi connectivity index (χ1n) is 8.81. The Labute approximate surface area is 156 Å². The maximum absolute atomic E-state index is 12.4. The number of aromatic nitrogens is 2. The van der Waals surface area contributed by atoms with E-state index in [1.807, 2.05) is 25.1 Å². The van der Waals surface area contributed by atoms with Crippen molar-refractivity contribution in [3.63, 3.8) is 0 Å². The molecule has 0 aliphatic carbocycles. The normalized spacial score (nSPS) is 11.0. The Bertz CT molecular complexity index is 1070. The van der Waals surface area contributed by atoms with Crippen LogP contribution in [-0.2, 0) is 19.4 Å². The van der Waals surface area contributed by atoms with Crippen LogP contribution in [0.4, 0.5) is 0 Å². The van der Waals surface area contributed by atoms with Crippen molar-refractivity contribution < 1.29 is 13.7 Å². The van der Waals surface area contributed by atoms with Gasteiger partial charge in [-0.3, -0.25) is 4.79 Å². The zero-order valence-electron chi connectivity index (χ0n) is 14.9. The molecule has 4 aromatic rings. The molecule has 0 radical (unpaired) electrons. The predicted octanol–water partition coefficient (Wildman–Crippen LogP) is 3.84. The molecule has 2 aromatic heterocycles. The molecule has 0 spiro atoms. The first kappa shape index (κ1) is 17.0. The molecule has 0 aliphatic rings. The van der Waals surface area contributed by atoms with E-state index in [1.54, 1.807) is 24.3 Å². The maximum atomic E-state index is 12.4. The monoisotopic (exact) mass is 361 g/mol. The van der Waals surface area contributed by atoms with Gasteiger partial charge in [-0.25, -0.2) is 4.98 Å². The maximum Gasteiger partial charge on any atom is 0.251 e. The number of nitrogens with zero attached hydrogens (tertiary/aromatic N) is 2. The van der Waals surface area contributed by atoms with Gasteiger partial charge in [-0.2, -0.15) is 0 Å². The highest BCUT2D eigenvalue weighted by Gasteiger charge is 2.12. The fraction of sp³-hybridized carbons (Fsp3) is 0.190. The van der Waals surface area contributed by atoms with E-state index in [0.29, 0.717) is 41.3 Å². The van der Waals surface area contributed by atoms with Gasteiger partial charge in [0.15, 0.2) is 17.2 Å². The summed E-state index contributed by atoms with van der Waals surface area (Å²) >= 11 is 0. The number of nitrogens with one attached hydrogen (secondary N) is 1. The minimum absolute atomic E-state index is 0.195. The average molecular weight is 361 g/mol. The fourth-order valence-corrected chi connectivity index (χ4v) is 2.89. The van der Waals surface area contributed by atoms with Crippen LogP contribution in [0.5, 0.6) is 0 Å². The summed E-state index contributed by atoms with van der Waals surface area (Å²) in [5.74, 6) is 1.09. The van der Waals surface area contributed by atoms with Gasteiger partial charge in [-0.15, -0.1) is 0 Å². The van der Waals surface area contributed by atoms with Crippen LogP contribution in [0.2, 0.25) is 0 Å². The molecule has 6 heteroatoms. The Hall–Kier alpha value is -3.41. The Morgan fingerprint density at radius 1 is 1.07 bits per heavy atom. The van der Waals surface area contributed by atoms with E-state index in [1.165, 1.54) is 5.56 Å². The standard InChI is InChI=1S/C21H19N3O3/c1-14-11-17(27-24-14)13-22-21(25)16-8-9-19-18(12-16)23-20(26-19)10-7-15-5-3-2-4-6-15/h2-6,8-9,11-12H,7,10,13H2,1H3,(H,22,25). The molecule has 0 saturated heterocycles. The van der Waals surface area contributed by atoms with Crippen LogP contribution in [0.3, 0.4) is 0 Å². The zero-order chi connectivity index (χ0) is 18.6. The van der Waals surface area contributed by atoms with Crippen LogP contribution in [0.1, 0.15) is 33.3 Å². The lowest BCUT2D eigenvalue weighted by Gasteiger charge is -2.02. The number of carbonyl (C=O) groups is 1. The van der Waals surface area contributed by atoms with Gasteiger partial charge in [0.2, 0.25) is 0 Å². The molecule has 2 heterocycles. The number of oxazole rings is 1. The van der Waals surface area contributed by atoms with Gasteiger partial charge < -0.3 is 14.3 Å². The van der Waals surface area contributed by atoms with Crippen LogP contribution in [-0.4, -0.2) is 16.0 Å². The molecule has 0 unspecified atom stereocenters. The number of amides is 1. The molecule has 1 N–H and O–H groups in total. The third-order valence-corrected chi connectivity index (χ3v) is 4.26. The van der Waals surface area contributed by atoms with Gasteiger partial charge in [0, 0.05) is 18.1 Å². The van der Waals surface area contributed by atoms with Crippen molar-refractivity contribution in [2.24, 2.45) is 0 Å². The summed E-state index contributed by atoms with van der Waals surface area (Å²) in [7, 11) is 0. The lowest BCUT2D eigenvalue weighted by Crippen LogP contribution is -2.22. The number of fused-ring (bicyclic) bond motifs is 1. The molecule has 0 fully saturated rings. The molecule has 6 nitrogen and oxygen atoms in total. The summed E-state index contributed by atoms with van der Waals surface area (Å²) in [6, 6.07) is 17.3. The van der Waals surface area contributed by atoms with Crippen molar-refractivity contribution in [1.82, 2.24) is 15.5 Å². The van der Waals surface area contributed by atoms with Crippen molar-refractivity contribution in [3.8, 4) is 0 Å². The minimum atomic E-state index is -0.195. The molecule has 0 bridgehead atoms. The van der Waals surface area contributed by atoms with Crippen molar-refractivity contribution in [2.45, 2.75) is 26.3 Å². The molecular weight excluding hydrogens is 342 g/mol. The molecule has 27 heavy (non-hydrogen) atoms. The van der Waals surface area contributed by atoms with Crippen LogP contribution >= 0.6 is 0 Å². The van der Waals surface area contributed by atoms with Crippen molar-refractivity contribution >= 4 is 17.0 Å². The van der Waals surface area contributed by atoms with Gasteiger partial charge in [0.25, 0.3) is 5.91 Å². The van der Waals surface area contributed by atoms with Gasteiger partial charge in [0.1, 0.15) is 5.52 Å². The number of hydrogen-bond acceptors (Lipinski definition) is 5. The highest BCUT2D eigenvalue weighted by molar-refractivity contribution is 5.97. The van der Waals surface area contributed by atoms with E-state index in [-0.39, 0.29) is 5.91 Å². The van der Waals surface area contributed by atoms with E-state index >= 15 is 0 Å². The first-order chi connectivity index (χ1) is 13.2. The van der Waals surface area contributed by atoms with Gasteiger partial charge >= 0.3 is 0 Å². The summed E-state index contributed by atoms with van der Waals surface area (Å²) in [6.07, 6.45) is 1.57. The SMILES string of the molecule is Cc1cc(CNC(=O)c2ccc3oc(CCc4ccccc4)nc3c2)on1. The fourth-order valence-electron chi connectivity index (χ4n) is 2.89. The van der Waals surface area contributed by atoms with Crippen LogP contribution in [0.25, 0.3) is 11.1 Å². The molecule has 0 saturated carbocycles. The summed E-state index contributed by atoms with van der Waals surface area (Å²) < 4.78 is 10.9. The number of rotatable bonds is 6. The lowest BCUT2D eigenvalue weighted by molar-refractivity contribution is 0.0947. The summed E-state index contributed by atoms with van der Waals surface area (Å²) in [5, 5.41) is 6.62. The molecule has 0 aliphatic heterocycles. The topological polar surface area (TPSA) is 81.2 Å².